The highest BCUT2D eigenvalue weighted by Gasteiger charge is 2.16. The summed E-state index contributed by atoms with van der Waals surface area (Å²) in [4.78, 5) is 22.0. The zero-order valence-electron chi connectivity index (χ0n) is 15.5. The molecule has 0 unspecified atom stereocenters. The third kappa shape index (κ3) is 4.98. The lowest BCUT2D eigenvalue weighted by molar-refractivity contribution is -0.116. The van der Waals surface area contributed by atoms with Gasteiger partial charge in [-0.3, -0.25) is 9.78 Å². The number of rotatable bonds is 7. The van der Waals surface area contributed by atoms with Gasteiger partial charge in [0, 0.05) is 34.9 Å². The summed E-state index contributed by atoms with van der Waals surface area (Å²) in [5.74, 6) is 0.791. The van der Waals surface area contributed by atoms with Gasteiger partial charge in [0.1, 0.15) is 5.69 Å². The maximum absolute atomic E-state index is 12.2. The van der Waals surface area contributed by atoms with E-state index in [2.05, 4.69) is 32.6 Å². The molecule has 1 N–H and O–H groups in total. The zero-order valence-corrected chi connectivity index (χ0v) is 16.3. The number of aromatic nitrogens is 3. The van der Waals surface area contributed by atoms with Crippen molar-refractivity contribution < 1.29 is 9.32 Å². The van der Waals surface area contributed by atoms with E-state index in [1.165, 1.54) is 30.6 Å². The Hall–Kier alpha value is -2.67. The lowest BCUT2D eigenvalue weighted by Crippen LogP contribution is -2.12. The monoisotopic (exact) mass is 394 g/mol. The normalized spacial score (nSPS) is 14.3. The largest absolute Gasteiger partial charge is 0.339 e. The number of nitrogens with one attached hydrogen (secondary N) is 1. The topological polar surface area (TPSA) is 80.9 Å². The Kier molecular flexibility index (Phi) is 6.01. The van der Waals surface area contributed by atoms with E-state index in [-0.39, 0.29) is 12.3 Å². The first-order valence-electron chi connectivity index (χ1n) is 9.57. The maximum Gasteiger partial charge on any atom is 0.227 e. The number of benzene rings is 1. The molecule has 2 aromatic heterocycles. The molecule has 144 valence electrons. The van der Waals surface area contributed by atoms with Gasteiger partial charge in [-0.2, -0.15) is 4.98 Å². The standard InChI is InChI=1S/C21H22N4O2S/c26-19(12-13-20-24-21(25-27-20)18-7-3-4-14-22-18)23-15-8-10-17(11-9-15)28-16-5-1-2-6-16/h3-4,7-11,14,16H,1-2,5-6,12-13H2,(H,23,26). The van der Waals surface area contributed by atoms with E-state index >= 15 is 0 Å². The van der Waals surface area contributed by atoms with Crippen molar-refractivity contribution in [1.82, 2.24) is 15.1 Å². The summed E-state index contributed by atoms with van der Waals surface area (Å²) in [6.45, 7) is 0. The van der Waals surface area contributed by atoms with E-state index < -0.39 is 0 Å². The van der Waals surface area contributed by atoms with Crippen molar-refractivity contribution in [2.24, 2.45) is 0 Å². The van der Waals surface area contributed by atoms with Crippen molar-refractivity contribution in [3.8, 4) is 11.5 Å². The van der Waals surface area contributed by atoms with Gasteiger partial charge in [-0.05, 0) is 49.2 Å². The summed E-state index contributed by atoms with van der Waals surface area (Å²) >= 11 is 1.94. The van der Waals surface area contributed by atoms with Crippen LogP contribution in [0.15, 0.2) is 58.1 Å². The lowest BCUT2D eigenvalue weighted by atomic mass is 10.2. The first-order chi connectivity index (χ1) is 13.8. The molecule has 1 aliphatic rings. The molecule has 0 bridgehead atoms. The molecule has 0 aliphatic heterocycles. The Morgan fingerprint density at radius 1 is 1.14 bits per heavy atom. The number of hydrogen-bond acceptors (Lipinski definition) is 6. The average Bonchev–Trinajstić information content (AvgIpc) is 3.41. The number of anilines is 1. The highest BCUT2D eigenvalue weighted by molar-refractivity contribution is 8.00. The van der Waals surface area contributed by atoms with Crippen LogP contribution in [0.4, 0.5) is 5.69 Å². The molecule has 2 heterocycles. The Balaban J connectivity index is 1.26. The van der Waals surface area contributed by atoms with Gasteiger partial charge < -0.3 is 9.84 Å². The highest BCUT2D eigenvalue weighted by Crippen LogP contribution is 2.34. The van der Waals surface area contributed by atoms with Crippen LogP contribution in [-0.2, 0) is 11.2 Å². The molecule has 1 aromatic carbocycles. The molecule has 0 saturated heterocycles. The van der Waals surface area contributed by atoms with E-state index in [0.717, 1.165) is 10.9 Å². The molecular weight excluding hydrogens is 372 g/mol. The van der Waals surface area contributed by atoms with Crippen LogP contribution in [0.3, 0.4) is 0 Å². The molecule has 1 fully saturated rings. The van der Waals surface area contributed by atoms with Crippen LogP contribution in [-0.4, -0.2) is 26.3 Å². The number of carbonyl (C=O) groups excluding carboxylic acids is 1. The van der Waals surface area contributed by atoms with Gasteiger partial charge in [0.15, 0.2) is 0 Å². The summed E-state index contributed by atoms with van der Waals surface area (Å²) in [7, 11) is 0. The molecule has 4 rings (SSSR count). The van der Waals surface area contributed by atoms with Gasteiger partial charge in [0.25, 0.3) is 0 Å². The smallest absolute Gasteiger partial charge is 0.227 e. The molecule has 1 amide bonds. The number of hydrogen-bond donors (Lipinski definition) is 1. The second-order valence-electron chi connectivity index (χ2n) is 6.82. The minimum Gasteiger partial charge on any atom is -0.339 e. The van der Waals surface area contributed by atoms with Crippen molar-refractivity contribution >= 4 is 23.4 Å². The molecule has 0 atom stereocenters. The molecule has 28 heavy (non-hydrogen) atoms. The lowest BCUT2D eigenvalue weighted by Gasteiger charge is -2.09. The highest BCUT2D eigenvalue weighted by atomic mass is 32.2. The van der Waals surface area contributed by atoms with Gasteiger partial charge in [-0.1, -0.05) is 24.1 Å². The van der Waals surface area contributed by atoms with E-state index in [1.54, 1.807) is 6.20 Å². The predicted molar refractivity (Wildman–Crippen MR) is 109 cm³/mol. The van der Waals surface area contributed by atoms with E-state index in [4.69, 9.17) is 4.52 Å². The number of amides is 1. The Bertz CT molecular complexity index is 906. The van der Waals surface area contributed by atoms with Crippen LogP contribution < -0.4 is 5.32 Å². The molecule has 1 saturated carbocycles. The SMILES string of the molecule is O=C(CCc1nc(-c2ccccn2)no1)Nc1ccc(SC2CCCC2)cc1. The fourth-order valence-corrected chi connectivity index (χ4v) is 4.46. The van der Waals surface area contributed by atoms with Crippen molar-refractivity contribution in [3.05, 3.63) is 54.6 Å². The van der Waals surface area contributed by atoms with Crippen molar-refractivity contribution in [3.63, 3.8) is 0 Å². The second-order valence-corrected chi connectivity index (χ2v) is 8.20. The van der Waals surface area contributed by atoms with Gasteiger partial charge in [0.05, 0.1) is 0 Å². The van der Waals surface area contributed by atoms with Gasteiger partial charge >= 0.3 is 0 Å². The van der Waals surface area contributed by atoms with Crippen LogP contribution in [0.5, 0.6) is 0 Å². The molecule has 3 aromatic rings. The van der Waals surface area contributed by atoms with E-state index in [1.807, 2.05) is 42.1 Å². The third-order valence-electron chi connectivity index (χ3n) is 4.67. The number of thioether (sulfide) groups is 1. The second kappa shape index (κ2) is 9.01. The summed E-state index contributed by atoms with van der Waals surface area (Å²) in [5.41, 5.74) is 1.46. The van der Waals surface area contributed by atoms with Crippen LogP contribution in [0, 0.1) is 0 Å². The minimum absolute atomic E-state index is 0.0752. The quantitative estimate of drug-likeness (QED) is 0.623. The van der Waals surface area contributed by atoms with Crippen LogP contribution in [0.25, 0.3) is 11.5 Å². The Morgan fingerprint density at radius 2 is 1.96 bits per heavy atom. The average molecular weight is 395 g/mol. The molecule has 7 heteroatoms. The maximum atomic E-state index is 12.2. The fraction of sp³-hybridized carbons (Fsp3) is 0.333. The first-order valence-corrected chi connectivity index (χ1v) is 10.4. The van der Waals surface area contributed by atoms with Crippen LogP contribution >= 0.6 is 11.8 Å². The van der Waals surface area contributed by atoms with Crippen molar-refractivity contribution in [2.45, 2.75) is 48.7 Å². The van der Waals surface area contributed by atoms with Crippen LogP contribution in [0.1, 0.15) is 38.0 Å². The van der Waals surface area contributed by atoms with Crippen molar-refractivity contribution in [1.29, 1.82) is 0 Å². The zero-order chi connectivity index (χ0) is 19.2. The van der Waals surface area contributed by atoms with E-state index in [0.29, 0.717) is 23.8 Å². The number of pyridine rings is 1. The first kappa shape index (κ1) is 18.7. The van der Waals surface area contributed by atoms with Crippen LogP contribution in [0.2, 0.25) is 0 Å². The minimum atomic E-state index is -0.0752. The number of nitrogens with zero attached hydrogens (tertiary/aromatic N) is 3. The Morgan fingerprint density at radius 3 is 2.71 bits per heavy atom. The molecule has 6 nitrogen and oxygen atoms in total. The van der Waals surface area contributed by atoms with Gasteiger partial charge in [-0.25, -0.2) is 0 Å². The molecule has 0 radical (unpaired) electrons. The summed E-state index contributed by atoms with van der Waals surface area (Å²) in [5, 5.41) is 7.58. The number of carbonyl (C=O) groups is 1. The molecular formula is C21H22N4O2S. The number of aryl methyl sites for hydroxylation is 1. The molecule has 1 aliphatic carbocycles. The molecule has 0 spiro atoms. The van der Waals surface area contributed by atoms with Gasteiger partial charge in [-0.15, -0.1) is 11.8 Å². The van der Waals surface area contributed by atoms with Gasteiger partial charge in [0.2, 0.25) is 17.6 Å². The Labute approximate surface area is 168 Å². The predicted octanol–water partition coefficient (Wildman–Crippen LogP) is 4.74. The summed E-state index contributed by atoms with van der Waals surface area (Å²) < 4.78 is 5.21. The third-order valence-corrected chi connectivity index (χ3v) is 6.02. The summed E-state index contributed by atoms with van der Waals surface area (Å²) in [6.07, 6.45) is 7.65. The van der Waals surface area contributed by atoms with Crippen molar-refractivity contribution in [2.75, 3.05) is 5.32 Å². The summed E-state index contributed by atoms with van der Waals surface area (Å²) in [6, 6.07) is 13.6. The van der Waals surface area contributed by atoms with E-state index in [9.17, 15) is 4.79 Å². The fourth-order valence-electron chi connectivity index (χ4n) is 3.21.